The molecule has 0 aromatic heterocycles. The number of rotatable bonds is 6. The Morgan fingerprint density at radius 1 is 1.25 bits per heavy atom. The summed E-state index contributed by atoms with van der Waals surface area (Å²) in [4.78, 5) is 0. The summed E-state index contributed by atoms with van der Waals surface area (Å²) in [6, 6.07) is 6.78. The fraction of sp³-hybridized carbons (Fsp3) is 0.571. The first-order chi connectivity index (χ1) is 7.90. The largest absolute Gasteiger partial charge is 0.385 e. The van der Waals surface area contributed by atoms with Crippen LogP contribution in [0.4, 0.5) is 5.69 Å². The van der Waals surface area contributed by atoms with Crippen molar-refractivity contribution < 1.29 is 4.74 Å². The van der Waals surface area contributed by atoms with Crippen LogP contribution in [0, 0.1) is 0 Å². The molecule has 2 nitrogen and oxygen atoms in total. The van der Waals surface area contributed by atoms with E-state index in [0.29, 0.717) is 0 Å². The van der Waals surface area contributed by atoms with Gasteiger partial charge < -0.3 is 10.1 Å². The summed E-state index contributed by atoms with van der Waals surface area (Å²) in [6.45, 7) is 4.71. The zero-order valence-corrected chi connectivity index (χ0v) is 10.1. The molecule has 2 rings (SSSR count). The van der Waals surface area contributed by atoms with Crippen molar-refractivity contribution in [2.75, 3.05) is 25.1 Å². The van der Waals surface area contributed by atoms with Crippen LogP contribution in [0.5, 0.6) is 0 Å². The van der Waals surface area contributed by atoms with Gasteiger partial charge >= 0.3 is 0 Å². The first-order valence-electron chi connectivity index (χ1n) is 6.33. The number of fused-ring (bicyclic) bond motifs is 1. The third-order valence-corrected chi connectivity index (χ3v) is 3.10. The van der Waals surface area contributed by atoms with Crippen molar-refractivity contribution in [2.24, 2.45) is 0 Å². The lowest BCUT2D eigenvalue weighted by Crippen LogP contribution is -2.05. The molecule has 0 fully saturated rings. The van der Waals surface area contributed by atoms with Gasteiger partial charge in [0.2, 0.25) is 0 Å². The summed E-state index contributed by atoms with van der Waals surface area (Å²) >= 11 is 0. The molecular weight excluding hydrogens is 198 g/mol. The van der Waals surface area contributed by atoms with Crippen molar-refractivity contribution in [3.8, 4) is 0 Å². The maximum Gasteiger partial charge on any atom is 0.0482 e. The normalized spacial score (nSPS) is 13.8. The van der Waals surface area contributed by atoms with E-state index in [4.69, 9.17) is 4.74 Å². The molecule has 2 heteroatoms. The van der Waals surface area contributed by atoms with Gasteiger partial charge in [-0.15, -0.1) is 0 Å². The van der Waals surface area contributed by atoms with E-state index < -0.39 is 0 Å². The first-order valence-corrected chi connectivity index (χ1v) is 6.33. The highest BCUT2D eigenvalue weighted by Gasteiger charge is 2.10. The van der Waals surface area contributed by atoms with Crippen LogP contribution in [0.1, 0.15) is 30.9 Å². The number of benzene rings is 1. The predicted molar refractivity (Wildman–Crippen MR) is 68.1 cm³/mol. The Morgan fingerprint density at radius 2 is 2.12 bits per heavy atom. The lowest BCUT2D eigenvalue weighted by Gasteiger charge is -2.08. The lowest BCUT2D eigenvalue weighted by molar-refractivity contribution is 0.147. The molecular formula is C14H21NO. The van der Waals surface area contributed by atoms with Crippen molar-refractivity contribution in [3.05, 3.63) is 29.3 Å². The van der Waals surface area contributed by atoms with Gasteiger partial charge in [0.15, 0.2) is 0 Å². The third-order valence-electron chi connectivity index (χ3n) is 3.10. The van der Waals surface area contributed by atoms with Gasteiger partial charge in [-0.3, -0.25) is 0 Å². The molecule has 0 aliphatic heterocycles. The molecule has 0 amide bonds. The molecule has 1 aliphatic carbocycles. The maximum atomic E-state index is 5.31. The molecule has 1 N–H and O–H groups in total. The highest BCUT2D eigenvalue weighted by atomic mass is 16.5. The third kappa shape index (κ3) is 2.99. The minimum absolute atomic E-state index is 0.818. The Balaban J connectivity index is 1.77. The van der Waals surface area contributed by atoms with Gasteiger partial charge in [-0.2, -0.15) is 0 Å². The topological polar surface area (TPSA) is 21.3 Å². The zero-order chi connectivity index (χ0) is 11.2. The summed E-state index contributed by atoms with van der Waals surface area (Å²) in [5, 5.41) is 3.45. The van der Waals surface area contributed by atoms with Gasteiger partial charge in [0.05, 0.1) is 0 Å². The molecule has 0 radical (unpaired) electrons. The quantitative estimate of drug-likeness (QED) is 0.743. The van der Waals surface area contributed by atoms with Crippen molar-refractivity contribution in [1.82, 2.24) is 0 Å². The molecule has 0 heterocycles. The highest BCUT2D eigenvalue weighted by Crippen LogP contribution is 2.24. The van der Waals surface area contributed by atoms with Gasteiger partial charge in [0, 0.05) is 25.4 Å². The van der Waals surface area contributed by atoms with Crippen molar-refractivity contribution >= 4 is 5.69 Å². The second kappa shape index (κ2) is 5.90. The van der Waals surface area contributed by atoms with Crippen LogP contribution in [-0.2, 0) is 17.6 Å². The van der Waals surface area contributed by atoms with E-state index in [1.54, 1.807) is 5.56 Å². The van der Waals surface area contributed by atoms with Crippen LogP contribution in [-0.4, -0.2) is 19.8 Å². The number of nitrogens with one attached hydrogen (secondary N) is 1. The Hall–Kier alpha value is -1.02. The zero-order valence-electron chi connectivity index (χ0n) is 10.1. The Bertz CT molecular complexity index is 336. The van der Waals surface area contributed by atoms with E-state index in [0.717, 1.165) is 26.2 Å². The van der Waals surface area contributed by atoms with E-state index in [9.17, 15) is 0 Å². The number of aryl methyl sites for hydroxylation is 2. The van der Waals surface area contributed by atoms with Crippen LogP contribution in [0.15, 0.2) is 18.2 Å². The summed E-state index contributed by atoms with van der Waals surface area (Å²) in [6.07, 6.45) is 4.91. The van der Waals surface area contributed by atoms with Gasteiger partial charge in [-0.05, 0) is 55.9 Å². The molecule has 0 saturated carbocycles. The van der Waals surface area contributed by atoms with E-state index in [1.165, 1.54) is 30.5 Å². The van der Waals surface area contributed by atoms with Gasteiger partial charge in [0.1, 0.15) is 0 Å². The number of ether oxygens (including phenoxy) is 1. The average molecular weight is 219 g/mol. The minimum Gasteiger partial charge on any atom is -0.385 e. The van der Waals surface area contributed by atoms with E-state index >= 15 is 0 Å². The Labute approximate surface area is 98.0 Å². The Morgan fingerprint density at radius 3 is 3.00 bits per heavy atom. The molecule has 0 bridgehead atoms. The van der Waals surface area contributed by atoms with Crippen molar-refractivity contribution in [1.29, 1.82) is 0 Å². The molecule has 0 atom stereocenters. The molecule has 0 saturated heterocycles. The highest BCUT2D eigenvalue weighted by molar-refractivity contribution is 5.50. The predicted octanol–water partition coefficient (Wildman–Crippen LogP) is 3.01. The maximum absolute atomic E-state index is 5.31. The van der Waals surface area contributed by atoms with Crippen LogP contribution in [0.25, 0.3) is 0 Å². The van der Waals surface area contributed by atoms with E-state index in [1.807, 2.05) is 6.92 Å². The smallest absolute Gasteiger partial charge is 0.0482 e. The number of anilines is 1. The average Bonchev–Trinajstić information content (AvgIpc) is 2.76. The monoisotopic (exact) mass is 219 g/mol. The number of hydrogen-bond donors (Lipinski definition) is 1. The molecule has 16 heavy (non-hydrogen) atoms. The summed E-state index contributed by atoms with van der Waals surface area (Å²) < 4.78 is 5.31. The molecule has 1 aliphatic rings. The van der Waals surface area contributed by atoms with Gasteiger partial charge in [0.25, 0.3) is 0 Å². The fourth-order valence-corrected chi connectivity index (χ4v) is 2.23. The fourth-order valence-electron chi connectivity index (χ4n) is 2.23. The Kier molecular flexibility index (Phi) is 4.23. The van der Waals surface area contributed by atoms with Crippen LogP contribution in [0.3, 0.4) is 0 Å². The van der Waals surface area contributed by atoms with E-state index in [-0.39, 0.29) is 0 Å². The van der Waals surface area contributed by atoms with Crippen LogP contribution < -0.4 is 5.32 Å². The van der Waals surface area contributed by atoms with Crippen LogP contribution >= 0.6 is 0 Å². The summed E-state index contributed by atoms with van der Waals surface area (Å²) in [7, 11) is 0. The van der Waals surface area contributed by atoms with Crippen LogP contribution in [0.2, 0.25) is 0 Å². The SMILES string of the molecule is CCOCCCNc1ccc2c(c1)CCC2. The van der Waals surface area contributed by atoms with Gasteiger partial charge in [-0.25, -0.2) is 0 Å². The molecule has 1 aromatic carbocycles. The molecule has 0 spiro atoms. The minimum atomic E-state index is 0.818. The van der Waals surface area contributed by atoms with Crippen molar-refractivity contribution in [2.45, 2.75) is 32.6 Å². The second-order valence-electron chi connectivity index (χ2n) is 4.31. The molecule has 1 aromatic rings. The summed E-state index contributed by atoms with van der Waals surface area (Å²) in [5.41, 5.74) is 4.34. The van der Waals surface area contributed by atoms with Gasteiger partial charge in [-0.1, -0.05) is 6.07 Å². The molecule has 88 valence electrons. The van der Waals surface area contributed by atoms with E-state index in [2.05, 4.69) is 23.5 Å². The first kappa shape index (κ1) is 11.5. The number of hydrogen-bond acceptors (Lipinski definition) is 2. The summed E-state index contributed by atoms with van der Waals surface area (Å²) in [5.74, 6) is 0. The van der Waals surface area contributed by atoms with Crippen molar-refractivity contribution in [3.63, 3.8) is 0 Å². The molecule has 0 unspecified atom stereocenters. The second-order valence-corrected chi connectivity index (χ2v) is 4.31. The standard InChI is InChI=1S/C14H21NO/c1-2-16-10-4-9-15-14-8-7-12-5-3-6-13(12)11-14/h7-8,11,15H,2-6,9-10H2,1H3. The lowest BCUT2D eigenvalue weighted by atomic mass is 10.1.